The molecule has 6 fully saturated rings. The molecule has 0 aliphatic carbocycles. The Labute approximate surface area is 388 Å². The summed E-state index contributed by atoms with van der Waals surface area (Å²) in [7, 11) is 1.28. The predicted octanol–water partition coefficient (Wildman–Crippen LogP) is -13.6. The number of aliphatic hydroxyl groups is 13. The topological polar surface area (TPSA) is 530 Å². The molecule has 0 aromatic rings. The van der Waals surface area contributed by atoms with Crippen LogP contribution < -0.4 is 34.4 Å². The minimum absolute atomic E-state index is 0.646. The average Bonchev–Trinajstić information content (AvgIpc) is 3.33. The Morgan fingerprint density at radius 3 is 0.706 bits per heavy atom. The molecule has 31 heteroatoms. The Bertz CT molecular complexity index is 1540. The van der Waals surface area contributed by atoms with E-state index in [0.717, 1.165) is 0 Å². The number of hydrogen-bond acceptors (Lipinski definition) is 31. The number of aliphatic hydroxyl groups excluding tert-OH is 13. The van der Waals surface area contributed by atoms with Gasteiger partial charge in [-0.25, -0.2) is 0 Å². The minimum atomic E-state index is -1.78. The third kappa shape index (κ3) is 11.3. The summed E-state index contributed by atoms with van der Waals surface area (Å²) in [5.41, 5.74) is 37.2. The summed E-state index contributed by atoms with van der Waals surface area (Å²) in [6, 6.07) is -8.56. The molecule has 6 saturated heterocycles. The molecule has 30 atom stereocenters. The van der Waals surface area contributed by atoms with Gasteiger partial charge in [0.15, 0.2) is 37.7 Å². The summed E-state index contributed by atoms with van der Waals surface area (Å²) in [4.78, 5) is 0. The molecule has 0 spiro atoms. The van der Waals surface area contributed by atoms with Crippen LogP contribution in [0.5, 0.6) is 0 Å². The second-order valence-electron chi connectivity index (χ2n) is 17.5. The molecule has 0 amide bonds. The number of methoxy groups -OCH3 is 1. The van der Waals surface area contributed by atoms with Crippen molar-refractivity contribution in [3.05, 3.63) is 0 Å². The second-order valence-corrected chi connectivity index (χ2v) is 17.5. The van der Waals surface area contributed by atoms with Gasteiger partial charge in [0.2, 0.25) is 0 Å². The number of nitrogens with two attached hydrogens (primary N) is 6. The van der Waals surface area contributed by atoms with E-state index < -0.39 is 224 Å². The normalized spacial score (nSPS) is 52.8. The standard InChI is InChI=1S/C37H70N6O25/c1-57-32-15(39)22(52)27(9(3-45)59-32)65-34-17(41)24(54)29(11(5-47)61-34)67-36-19(43)26(56)31(13(7-49)63-36)68-37-18(42)25(55)30(12(6-48)62-37)66-35-16(40)23(53)28(10(4-46)60-35)64-33-14(38)21(51)20(50)8(2-44)58-33/h8-37,44-56H,2-7,38-43H2,1H3/t8?,9?,10?,11?,12?,13?,14-,15+,16+,17-,18-,19+,20?,21-,22?,23?,24-,25-,26?,27-,28-,29?,30?,31-,32+,33?,34?,35-,36-,37?/m1/s1. The zero-order chi connectivity index (χ0) is 50.0. The van der Waals surface area contributed by atoms with E-state index in [1.54, 1.807) is 0 Å². The van der Waals surface area contributed by atoms with Gasteiger partial charge in [-0.1, -0.05) is 0 Å². The average molecular weight is 999 g/mol. The Kier molecular flexibility index (Phi) is 19.9. The van der Waals surface area contributed by atoms with Crippen LogP contribution in [0, 0.1) is 0 Å². The first-order valence-corrected chi connectivity index (χ1v) is 22.0. The Hall–Kier alpha value is -1.24. The molecule has 25 N–H and O–H groups in total. The number of ether oxygens (including phenoxy) is 12. The molecule has 0 radical (unpaired) electrons. The van der Waals surface area contributed by atoms with E-state index >= 15 is 0 Å². The van der Waals surface area contributed by atoms with Crippen molar-refractivity contribution in [1.29, 1.82) is 0 Å². The van der Waals surface area contributed by atoms with Crippen LogP contribution >= 0.6 is 0 Å². The fourth-order valence-corrected chi connectivity index (χ4v) is 8.98. The van der Waals surface area contributed by atoms with Crippen LogP contribution in [-0.4, -0.2) is 297 Å². The third-order valence-electron chi connectivity index (χ3n) is 13.1. The predicted molar refractivity (Wildman–Crippen MR) is 216 cm³/mol. The first kappa shape index (κ1) is 56.1. The highest BCUT2D eigenvalue weighted by Crippen LogP contribution is 2.35. The summed E-state index contributed by atoms with van der Waals surface area (Å²) < 4.78 is 68.9. The Balaban J connectivity index is 1.07. The van der Waals surface area contributed by atoms with Crippen molar-refractivity contribution in [1.82, 2.24) is 0 Å². The van der Waals surface area contributed by atoms with Gasteiger partial charge in [-0.15, -0.1) is 0 Å². The fraction of sp³-hybridized carbons (Fsp3) is 1.00. The van der Waals surface area contributed by atoms with Crippen molar-refractivity contribution >= 4 is 0 Å². The lowest BCUT2D eigenvalue weighted by Crippen LogP contribution is -2.71. The molecule has 68 heavy (non-hydrogen) atoms. The van der Waals surface area contributed by atoms with Crippen LogP contribution in [0.25, 0.3) is 0 Å². The molecule has 6 rings (SSSR count). The molecule has 6 aliphatic rings. The van der Waals surface area contributed by atoms with E-state index in [1.165, 1.54) is 7.11 Å². The SMILES string of the molecule is CO[C@H]1OC(CO)[C@@H](OC2OC(CO)C(O[C@H]3OC(CO)[C@@H](OC4OC(CO)C(O[C@H]5OC(CO)[C@@H](OC6OC(CO)C(O)[C@H](O)[C@H]6N)C(O)[C@@H]5N)[C@H](O)[C@H]4N)C(O)[C@@H]3N)[C@H](O)[C@H]2N)C(O)[C@@H]1N. The van der Waals surface area contributed by atoms with E-state index in [1.807, 2.05) is 0 Å². The highest BCUT2D eigenvalue weighted by Gasteiger charge is 2.56. The van der Waals surface area contributed by atoms with E-state index in [0.29, 0.717) is 0 Å². The maximum Gasteiger partial charge on any atom is 0.176 e. The van der Waals surface area contributed by atoms with Crippen LogP contribution in [0.1, 0.15) is 0 Å². The summed E-state index contributed by atoms with van der Waals surface area (Å²) >= 11 is 0. The van der Waals surface area contributed by atoms with Crippen molar-refractivity contribution in [3.8, 4) is 0 Å². The third-order valence-corrected chi connectivity index (χ3v) is 13.1. The molecule has 0 aromatic heterocycles. The lowest BCUT2D eigenvalue weighted by Gasteiger charge is -2.50. The molecule has 0 aromatic carbocycles. The Morgan fingerprint density at radius 1 is 0.294 bits per heavy atom. The molecule has 6 heterocycles. The van der Waals surface area contributed by atoms with Crippen molar-refractivity contribution in [2.45, 2.75) is 184 Å². The van der Waals surface area contributed by atoms with Crippen LogP contribution in [0.2, 0.25) is 0 Å². The van der Waals surface area contributed by atoms with Crippen molar-refractivity contribution in [3.63, 3.8) is 0 Å². The summed E-state index contributed by atoms with van der Waals surface area (Å²) in [6.45, 7) is -4.73. The van der Waals surface area contributed by atoms with E-state index in [-0.39, 0.29) is 0 Å². The molecular weight excluding hydrogens is 928 g/mol. The first-order valence-electron chi connectivity index (χ1n) is 22.0. The van der Waals surface area contributed by atoms with Crippen LogP contribution in [0.15, 0.2) is 0 Å². The molecule has 15 unspecified atom stereocenters. The van der Waals surface area contributed by atoms with E-state index in [2.05, 4.69) is 0 Å². The van der Waals surface area contributed by atoms with Gasteiger partial charge in [0.1, 0.15) is 110 Å². The number of rotatable bonds is 17. The smallest absolute Gasteiger partial charge is 0.176 e. The van der Waals surface area contributed by atoms with Crippen LogP contribution in [0.4, 0.5) is 0 Å². The maximum absolute atomic E-state index is 11.5. The van der Waals surface area contributed by atoms with Gasteiger partial charge >= 0.3 is 0 Å². The van der Waals surface area contributed by atoms with Crippen LogP contribution in [-0.2, 0) is 56.8 Å². The van der Waals surface area contributed by atoms with Gasteiger partial charge in [0, 0.05) is 7.11 Å². The van der Waals surface area contributed by atoms with Gasteiger partial charge in [-0.2, -0.15) is 0 Å². The molecule has 31 nitrogen and oxygen atoms in total. The summed E-state index contributed by atoms with van der Waals surface area (Å²) in [5, 5.41) is 137. The quantitative estimate of drug-likeness (QED) is 0.0643. The van der Waals surface area contributed by atoms with Gasteiger partial charge in [-0.3, -0.25) is 0 Å². The summed E-state index contributed by atoms with van der Waals surface area (Å²) in [6.07, 6.45) is -36.5. The van der Waals surface area contributed by atoms with Gasteiger partial charge < -0.3 is 158 Å². The largest absolute Gasteiger partial charge is 0.394 e. The van der Waals surface area contributed by atoms with Crippen molar-refractivity contribution in [2.75, 3.05) is 46.8 Å². The molecule has 0 bridgehead atoms. The molecular formula is C37H70N6O25. The molecule has 6 aliphatic heterocycles. The highest BCUT2D eigenvalue weighted by atomic mass is 16.8. The van der Waals surface area contributed by atoms with Gasteiger partial charge in [0.05, 0.1) is 75.9 Å². The van der Waals surface area contributed by atoms with Crippen LogP contribution in [0.3, 0.4) is 0 Å². The van der Waals surface area contributed by atoms with Gasteiger partial charge in [0.25, 0.3) is 0 Å². The number of hydrogen-bond donors (Lipinski definition) is 19. The molecule has 0 saturated carbocycles. The fourth-order valence-electron chi connectivity index (χ4n) is 8.98. The van der Waals surface area contributed by atoms with Crippen molar-refractivity contribution in [2.24, 2.45) is 34.4 Å². The Morgan fingerprint density at radius 2 is 0.485 bits per heavy atom. The van der Waals surface area contributed by atoms with E-state index in [4.69, 9.17) is 91.2 Å². The highest BCUT2D eigenvalue weighted by molar-refractivity contribution is 5.02. The maximum atomic E-state index is 11.5. The van der Waals surface area contributed by atoms with Crippen molar-refractivity contribution < 1.29 is 123 Å². The summed E-state index contributed by atoms with van der Waals surface area (Å²) in [5.74, 6) is 0. The second kappa shape index (κ2) is 24.2. The zero-order valence-electron chi connectivity index (χ0n) is 36.7. The minimum Gasteiger partial charge on any atom is -0.394 e. The zero-order valence-corrected chi connectivity index (χ0v) is 36.7. The van der Waals surface area contributed by atoms with Gasteiger partial charge in [-0.05, 0) is 0 Å². The first-order chi connectivity index (χ1) is 32.3. The van der Waals surface area contributed by atoms with E-state index in [9.17, 15) is 66.4 Å². The monoisotopic (exact) mass is 998 g/mol. The molecule has 398 valence electrons. The lowest BCUT2D eigenvalue weighted by molar-refractivity contribution is -0.367. The lowest BCUT2D eigenvalue weighted by atomic mass is 9.93.